The van der Waals surface area contributed by atoms with Gasteiger partial charge in [0.15, 0.2) is 0 Å². The van der Waals surface area contributed by atoms with E-state index in [0.29, 0.717) is 25.6 Å². The summed E-state index contributed by atoms with van der Waals surface area (Å²) in [6, 6.07) is 4.37. The number of nitrogens with one attached hydrogen (secondary N) is 1. The minimum absolute atomic E-state index is 0.205. The number of quaternary nitrogens is 1. The maximum atomic E-state index is 12.9. The van der Waals surface area contributed by atoms with Gasteiger partial charge in [0, 0.05) is 12.8 Å². The van der Waals surface area contributed by atoms with Gasteiger partial charge in [0.05, 0.1) is 49.4 Å². The fraction of sp³-hybridized carbons (Fsp3) is 0.533. The van der Waals surface area contributed by atoms with Crippen molar-refractivity contribution in [1.29, 1.82) is 5.26 Å². The second kappa shape index (κ2) is 7.91. The van der Waals surface area contributed by atoms with Gasteiger partial charge in [-0.25, -0.2) is 8.42 Å². The average molecular weight is 397 g/mol. The molecular weight excluding hydrogens is 379 g/mol. The highest BCUT2D eigenvalue weighted by Crippen LogP contribution is 2.34. The highest BCUT2D eigenvalue weighted by atomic mass is 35.5. The van der Waals surface area contributed by atoms with Gasteiger partial charge in [-0.3, -0.25) is 0 Å². The van der Waals surface area contributed by atoms with Gasteiger partial charge in [0.2, 0.25) is 10.0 Å². The van der Waals surface area contributed by atoms with Crippen molar-refractivity contribution in [3.8, 4) is 6.07 Å². The van der Waals surface area contributed by atoms with E-state index in [1.807, 2.05) is 0 Å². The molecule has 0 saturated carbocycles. The molecule has 1 N–H and O–H groups in total. The molecule has 0 amide bonds. The Labute approximate surface area is 149 Å². The summed E-state index contributed by atoms with van der Waals surface area (Å²) in [6.45, 7) is 2.27. The summed E-state index contributed by atoms with van der Waals surface area (Å²) >= 11 is 5.85. The zero-order valence-electron chi connectivity index (χ0n) is 13.3. The number of alkyl halides is 3. The number of benzene rings is 1. The zero-order valence-corrected chi connectivity index (χ0v) is 14.9. The number of nitrogens with zero attached hydrogens (tertiary/aromatic N) is 2. The van der Waals surface area contributed by atoms with E-state index in [-0.39, 0.29) is 18.1 Å². The molecule has 0 radical (unpaired) electrons. The van der Waals surface area contributed by atoms with Crippen molar-refractivity contribution in [2.45, 2.75) is 23.9 Å². The normalized spacial score (nSPS) is 17.4. The summed E-state index contributed by atoms with van der Waals surface area (Å²) in [6.07, 6.45) is -3.46. The lowest BCUT2D eigenvalue weighted by Gasteiger charge is -2.31. The van der Waals surface area contributed by atoms with E-state index in [2.05, 4.69) is 6.07 Å². The molecule has 138 valence electrons. The van der Waals surface area contributed by atoms with Crippen LogP contribution in [0.15, 0.2) is 23.1 Å². The van der Waals surface area contributed by atoms with Crippen molar-refractivity contribution in [1.82, 2.24) is 4.31 Å². The molecule has 1 heterocycles. The number of sulfonamides is 1. The Morgan fingerprint density at radius 3 is 2.48 bits per heavy atom. The predicted molar refractivity (Wildman–Crippen MR) is 85.6 cm³/mol. The number of rotatable bonds is 5. The van der Waals surface area contributed by atoms with Crippen molar-refractivity contribution >= 4 is 21.6 Å². The van der Waals surface area contributed by atoms with E-state index >= 15 is 0 Å². The zero-order chi connectivity index (χ0) is 18.7. The van der Waals surface area contributed by atoms with Gasteiger partial charge >= 0.3 is 6.18 Å². The maximum absolute atomic E-state index is 12.9. The molecule has 0 bridgehead atoms. The highest BCUT2D eigenvalue weighted by Gasteiger charge is 2.36. The standard InChI is InChI=1S/C15H17ClF3N3O2S/c16-13-4-3-12(15(17,18)19)11-14(13)25(23,24)22-9-7-21(8-10-22)6-2-1-5-20/h3-4,11H,1-2,6-10H2/p+1. The third kappa shape index (κ3) is 4.85. The van der Waals surface area contributed by atoms with Crippen LogP contribution in [0.4, 0.5) is 13.2 Å². The Hall–Kier alpha value is -1.34. The first-order valence-electron chi connectivity index (χ1n) is 7.73. The molecule has 0 spiro atoms. The molecule has 25 heavy (non-hydrogen) atoms. The molecular formula is C15H18ClF3N3O2S+. The molecule has 0 aliphatic carbocycles. The second-order valence-electron chi connectivity index (χ2n) is 5.81. The van der Waals surface area contributed by atoms with E-state index in [1.165, 1.54) is 9.21 Å². The van der Waals surface area contributed by atoms with Crippen molar-refractivity contribution in [3.63, 3.8) is 0 Å². The third-order valence-electron chi connectivity index (χ3n) is 4.12. The van der Waals surface area contributed by atoms with Crippen molar-refractivity contribution in [3.05, 3.63) is 28.8 Å². The Bertz CT molecular complexity index is 754. The molecule has 0 unspecified atom stereocenters. The van der Waals surface area contributed by atoms with Crippen LogP contribution in [-0.2, 0) is 16.2 Å². The fourth-order valence-electron chi connectivity index (χ4n) is 2.73. The summed E-state index contributed by atoms with van der Waals surface area (Å²) < 4.78 is 65.1. The Morgan fingerprint density at radius 1 is 1.28 bits per heavy atom. The lowest BCUT2D eigenvalue weighted by molar-refractivity contribution is -0.903. The van der Waals surface area contributed by atoms with Crippen LogP contribution in [0.25, 0.3) is 0 Å². The van der Waals surface area contributed by atoms with Gasteiger partial charge in [-0.05, 0) is 18.2 Å². The molecule has 1 aromatic rings. The van der Waals surface area contributed by atoms with E-state index < -0.39 is 26.7 Å². The lowest BCUT2D eigenvalue weighted by atomic mass is 10.2. The number of piperazine rings is 1. The molecule has 5 nitrogen and oxygen atoms in total. The molecule has 2 rings (SSSR count). The average Bonchev–Trinajstić information content (AvgIpc) is 2.54. The molecule has 1 aliphatic heterocycles. The van der Waals surface area contributed by atoms with E-state index in [4.69, 9.17) is 16.9 Å². The number of unbranched alkanes of at least 4 members (excludes halogenated alkanes) is 1. The SMILES string of the molecule is N#CCCC[NH+]1CCN(S(=O)(=O)c2cc(C(F)(F)F)ccc2Cl)CC1. The van der Waals surface area contributed by atoms with E-state index in [1.54, 1.807) is 0 Å². The summed E-state index contributed by atoms with van der Waals surface area (Å²) in [5.74, 6) is 0. The molecule has 1 aromatic carbocycles. The second-order valence-corrected chi connectivity index (χ2v) is 8.12. The number of hydrogen-bond donors (Lipinski definition) is 1. The van der Waals surface area contributed by atoms with Crippen molar-refractivity contribution < 1.29 is 26.5 Å². The van der Waals surface area contributed by atoms with Gasteiger partial charge in [0.25, 0.3) is 0 Å². The van der Waals surface area contributed by atoms with Crippen LogP contribution in [0.2, 0.25) is 5.02 Å². The Kier molecular flexibility index (Phi) is 6.32. The highest BCUT2D eigenvalue weighted by molar-refractivity contribution is 7.89. The van der Waals surface area contributed by atoms with Gasteiger partial charge in [-0.1, -0.05) is 11.6 Å². The number of halogens is 4. The summed E-state index contributed by atoms with van der Waals surface area (Å²) in [4.78, 5) is 0.661. The van der Waals surface area contributed by atoms with Gasteiger partial charge in [0.1, 0.15) is 4.90 Å². The van der Waals surface area contributed by atoms with Crippen LogP contribution in [0.1, 0.15) is 18.4 Å². The smallest absolute Gasteiger partial charge is 0.333 e. The minimum atomic E-state index is -4.64. The van der Waals surface area contributed by atoms with Crippen molar-refractivity contribution in [2.75, 3.05) is 32.7 Å². The summed E-state index contributed by atoms with van der Waals surface area (Å²) in [5, 5.41) is 8.31. The first-order valence-corrected chi connectivity index (χ1v) is 9.55. The Balaban J connectivity index is 2.14. The first kappa shape index (κ1) is 20.0. The molecule has 0 aromatic heterocycles. The van der Waals surface area contributed by atoms with Crippen LogP contribution in [0, 0.1) is 11.3 Å². The predicted octanol–water partition coefficient (Wildman–Crippen LogP) is 1.55. The van der Waals surface area contributed by atoms with Crippen LogP contribution in [0.5, 0.6) is 0 Å². The monoisotopic (exact) mass is 396 g/mol. The van der Waals surface area contributed by atoms with Crippen LogP contribution in [-0.4, -0.2) is 45.4 Å². The van der Waals surface area contributed by atoms with Gasteiger partial charge in [-0.2, -0.15) is 22.7 Å². The summed E-state index contributed by atoms with van der Waals surface area (Å²) in [7, 11) is -4.09. The maximum Gasteiger partial charge on any atom is 0.416 e. The molecule has 1 saturated heterocycles. The fourth-order valence-corrected chi connectivity index (χ4v) is 4.67. The first-order chi connectivity index (χ1) is 11.7. The number of nitriles is 1. The summed E-state index contributed by atoms with van der Waals surface area (Å²) in [5.41, 5.74) is -1.05. The molecule has 0 atom stereocenters. The number of hydrogen-bond acceptors (Lipinski definition) is 3. The van der Waals surface area contributed by atoms with E-state index in [0.717, 1.165) is 25.1 Å². The Morgan fingerprint density at radius 2 is 1.92 bits per heavy atom. The van der Waals surface area contributed by atoms with Gasteiger partial charge < -0.3 is 4.90 Å². The molecule has 1 fully saturated rings. The van der Waals surface area contributed by atoms with Crippen molar-refractivity contribution in [2.24, 2.45) is 0 Å². The van der Waals surface area contributed by atoms with Crippen LogP contribution >= 0.6 is 11.6 Å². The topological polar surface area (TPSA) is 65.6 Å². The van der Waals surface area contributed by atoms with E-state index in [9.17, 15) is 21.6 Å². The van der Waals surface area contributed by atoms with Crippen LogP contribution in [0.3, 0.4) is 0 Å². The molecule has 1 aliphatic rings. The lowest BCUT2D eigenvalue weighted by Crippen LogP contribution is -3.14. The van der Waals surface area contributed by atoms with Crippen LogP contribution < -0.4 is 4.90 Å². The van der Waals surface area contributed by atoms with Gasteiger partial charge in [-0.15, -0.1) is 0 Å². The third-order valence-corrected chi connectivity index (χ3v) is 6.50. The minimum Gasteiger partial charge on any atom is -0.333 e. The largest absolute Gasteiger partial charge is 0.416 e. The molecule has 10 heteroatoms. The quantitative estimate of drug-likeness (QED) is 0.768.